The van der Waals surface area contributed by atoms with Gasteiger partial charge in [0, 0.05) is 6.54 Å². The van der Waals surface area contributed by atoms with Gasteiger partial charge in [-0.3, -0.25) is 0 Å². The summed E-state index contributed by atoms with van der Waals surface area (Å²) in [6.07, 6.45) is 3.38. The van der Waals surface area contributed by atoms with Gasteiger partial charge in [-0.1, -0.05) is 12.8 Å². The second-order valence-corrected chi connectivity index (χ2v) is 6.67. The van der Waals surface area contributed by atoms with E-state index in [1.54, 1.807) is 13.8 Å². The number of rotatable bonds is 4. The maximum Gasteiger partial charge on any atom is 0.214 e. The third-order valence-corrected chi connectivity index (χ3v) is 4.55. The van der Waals surface area contributed by atoms with Gasteiger partial charge < -0.3 is 5.11 Å². The van der Waals surface area contributed by atoms with E-state index in [2.05, 4.69) is 4.72 Å². The van der Waals surface area contributed by atoms with Gasteiger partial charge in [0.1, 0.15) is 0 Å². The molecule has 1 aliphatic rings. The Morgan fingerprint density at radius 1 is 1.36 bits per heavy atom. The number of aliphatic hydroxyl groups is 1. The molecule has 84 valence electrons. The van der Waals surface area contributed by atoms with E-state index >= 15 is 0 Å². The zero-order chi connectivity index (χ0) is 10.8. The van der Waals surface area contributed by atoms with Crippen molar-refractivity contribution < 1.29 is 13.5 Å². The van der Waals surface area contributed by atoms with E-state index in [0.29, 0.717) is 12.8 Å². The molecule has 1 rings (SSSR count). The molecule has 0 aliphatic heterocycles. The first-order chi connectivity index (χ1) is 6.36. The van der Waals surface area contributed by atoms with Gasteiger partial charge in [0.25, 0.3) is 0 Å². The van der Waals surface area contributed by atoms with Crippen LogP contribution in [0.3, 0.4) is 0 Å². The molecule has 1 saturated carbocycles. The minimum atomic E-state index is -3.23. The summed E-state index contributed by atoms with van der Waals surface area (Å²) in [6, 6.07) is 0. The van der Waals surface area contributed by atoms with Crippen LogP contribution >= 0.6 is 0 Å². The second-order valence-electron chi connectivity index (χ2n) is 4.35. The molecule has 1 fully saturated rings. The summed E-state index contributed by atoms with van der Waals surface area (Å²) in [6.45, 7) is 3.41. The maximum absolute atomic E-state index is 11.4. The summed E-state index contributed by atoms with van der Waals surface area (Å²) < 4.78 is 25.3. The van der Waals surface area contributed by atoms with E-state index in [4.69, 9.17) is 0 Å². The van der Waals surface area contributed by atoms with E-state index in [1.165, 1.54) is 0 Å². The van der Waals surface area contributed by atoms with Crippen LogP contribution in [0.5, 0.6) is 0 Å². The highest BCUT2D eigenvalue weighted by atomic mass is 32.2. The lowest BCUT2D eigenvalue weighted by Gasteiger charge is -2.22. The molecule has 14 heavy (non-hydrogen) atoms. The van der Waals surface area contributed by atoms with Crippen LogP contribution in [0.25, 0.3) is 0 Å². The average molecular weight is 221 g/mol. The van der Waals surface area contributed by atoms with Crippen molar-refractivity contribution in [2.75, 3.05) is 6.54 Å². The standard InChI is InChI=1S/C9H19NO3S/c1-8(2)14(12,13)10-7-9(11)5-3-4-6-9/h8,10-11H,3-7H2,1-2H3. The van der Waals surface area contributed by atoms with Crippen molar-refractivity contribution in [1.82, 2.24) is 4.72 Å². The molecule has 0 aromatic rings. The van der Waals surface area contributed by atoms with Crippen molar-refractivity contribution in [1.29, 1.82) is 0 Å². The van der Waals surface area contributed by atoms with Gasteiger partial charge in [-0.15, -0.1) is 0 Å². The molecule has 0 unspecified atom stereocenters. The Balaban J connectivity index is 2.48. The highest BCUT2D eigenvalue weighted by Crippen LogP contribution is 2.28. The molecule has 0 heterocycles. The Morgan fingerprint density at radius 2 is 1.86 bits per heavy atom. The molecule has 4 nitrogen and oxygen atoms in total. The molecule has 0 amide bonds. The molecule has 0 saturated heterocycles. The minimum Gasteiger partial charge on any atom is -0.389 e. The monoisotopic (exact) mass is 221 g/mol. The van der Waals surface area contributed by atoms with Crippen LogP contribution in [-0.2, 0) is 10.0 Å². The molecule has 1 aliphatic carbocycles. The van der Waals surface area contributed by atoms with E-state index in [0.717, 1.165) is 12.8 Å². The molecule has 2 N–H and O–H groups in total. The lowest BCUT2D eigenvalue weighted by atomic mass is 10.0. The fourth-order valence-electron chi connectivity index (χ4n) is 1.61. The van der Waals surface area contributed by atoms with E-state index in [-0.39, 0.29) is 6.54 Å². The summed E-state index contributed by atoms with van der Waals surface area (Å²) in [5, 5.41) is 9.47. The quantitative estimate of drug-likeness (QED) is 0.731. The fraction of sp³-hybridized carbons (Fsp3) is 1.00. The first-order valence-electron chi connectivity index (χ1n) is 5.07. The van der Waals surface area contributed by atoms with E-state index in [1.807, 2.05) is 0 Å². The first kappa shape index (κ1) is 11.9. The molecule has 5 heteroatoms. The Morgan fingerprint density at radius 3 is 2.29 bits per heavy atom. The van der Waals surface area contributed by atoms with Gasteiger partial charge in [0.15, 0.2) is 0 Å². The predicted molar refractivity (Wildman–Crippen MR) is 55.5 cm³/mol. The maximum atomic E-state index is 11.4. The van der Waals surface area contributed by atoms with Gasteiger partial charge in [-0.05, 0) is 26.7 Å². The molecule has 0 bridgehead atoms. The summed E-state index contributed by atoms with van der Waals surface area (Å²) in [4.78, 5) is 0. The average Bonchev–Trinajstić information content (AvgIpc) is 2.50. The van der Waals surface area contributed by atoms with Crippen LogP contribution in [0.4, 0.5) is 0 Å². The van der Waals surface area contributed by atoms with Crippen molar-refractivity contribution >= 4 is 10.0 Å². The fourth-order valence-corrected chi connectivity index (χ4v) is 2.41. The van der Waals surface area contributed by atoms with Crippen molar-refractivity contribution in [3.8, 4) is 0 Å². The highest BCUT2D eigenvalue weighted by molar-refractivity contribution is 7.90. The lowest BCUT2D eigenvalue weighted by Crippen LogP contribution is -2.43. The SMILES string of the molecule is CC(C)S(=O)(=O)NCC1(O)CCCC1. The third kappa shape index (κ3) is 2.93. The largest absolute Gasteiger partial charge is 0.389 e. The molecule has 0 aromatic carbocycles. The molecule has 0 radical (unpaired) electrons. The smallest absolute Gasteiger partial charge is 0.214 e. The van der Waals surface area contributed by atoms with Gasteiger partial charge in [0.2, 0.25) is 10.0 Å². The van der Waals surface area contributed by atoms with Crippen LogP contribution in [0, 0.1) is 0 Å². The minimum absolute atomic E-state index is 0.160. The normalized spacial score (nSPS) is 21.7. The van der Waals surface area contributed by atoms with Crippen molar-refractivity contribution in [3.63, 3.8) is 0 Å². The zero-order valence-electron chi connectivity index (χ0n) is 8.78. The number of sulfonamides is 1. The second kappa shape index (κ2) is 4.16. The first-order valence-corrected chi connectivity index (χ1v) is 6.61. The van der Waals surface area contributed by atoms with Crippen molar-refractivity contribution in [3.05, 3.63) is 0 Å². The van der Waals surface area contributed by atoms with Crippen molar-refractivity contribution in [2.45, 2.75) is 50.4 Å². The summed E-state index contributed by atoms with van der Waals surface area (Å²) in [5.74, 6) is 0. The molecular formula is C9H19NO3S. The summed E-state index contributed by atoms with van der Waals surface area (Å²) >= 11 is 0. The Hall–Kier alpha value is -0.130. The Bertz CT molecular complexity index is 278. The van der Waals surface area contributed by atoms with Gasteiger partial charge in [0.05, 0.1) is 10.9 Å². The van der Waals surface area contributed by atoms with Crippen molar-refractivity contribution in [2.24, 2.45) is 0 Å². The highest BCUT2D eigenvalue weighted by Gasteiger charge is 2.32. The number of nitrogens with one attached hydrogen (secondary N) is 1. The molecular weight excluding hydrogens is 202 g/mol. The molecule has 0 spiro atoms. The van der Waals surface area contributed by atoms with Crippen LogP contribution in [-0.4, -0.2) is 30.9 Å². The Labute approximate surface area is 85.8 Å². The summed E-state index contributed by atoms with van der Waals surface area (Å²) in [5.41, 5.74) is -0.804. The third-order valence-electron chi connectivity index (χ3n) is 2.76. The Kier molecular flexibility index (Phi) is 3.55. The van der Waals surface area contributed by atoms with Crippen LogP contribution in [0.1, 0.15) is 39.5 Å². The van der Waals surface area contributed by atoms with E-state index in [9.17, 15) is 13.5 Å². The van der Waals surface area contributed by atoms with Gasteiger partial charge in [-0.25, -0.2) is 13.1 Å². The summed E-state index contributed by atoms with van der Waals surface area (Å²) in [7, 11) is -3.23. The van der Waals surface area contributed by atoms with Gasteiger partial charge in [-0.2, -0.15) is 0 Å². The predicted octanol–water partition coefficient (Wildman–Crippen LogP) is 0.619. The topological polar surface area (TPSA) is 66.4 Å². The number of hydrogen-bond donors (Lipinski definition) is 2. The van der Waals surface area contributed by atoms with Crippen LogP contribution in [0.2, 0.25) is 0 Å². The van der Waals surface area contributed by atoms with Crippen LogP contribution in [0.15, 0.2) is 0 Å². The zero-order valence-corrected chi connectivity index (χ0v) is 9.60. The van der Waals surface area contributed by atoms with E-state index < -0.39 is 20.9 Å². The molecule has 0 atom stereocenters. The van der Waals surface area contributed by atoms with Crippen LogP contribution < -0.4 is 4.72 Å². The number of hydrogen-bond acceptors (Lipinski definition) is 3. The lowest BCUT2D eigenvalue weighted by molar-refractivity contribution is 0.0531. The van der Waals surface area contributed by atoms with Gasteiger partial charge >= 0.3 is 0 Å². The molecule has 0 aromatic heterocycles.